The maximum atomic E-state index is 12.2. The summed E-state index contributed by atoms with van der Waals surface area (Å²) in [5.41, 5.74) is -0.213. The molecule has 0 spiro atoms. The second-order valence-electron chi connectivity index (χ2n) is 3.41. The van der Waals surface area contributed by atoms with Crippen LogP contribution >= 0.6 is 22.9 Å². The first-order chi connectivity index (χ1) is 8.43. The number of rotatable bonds is 3. The van der Waals surface area contributed by atoms with E-state index in [2.05, 4.69) is 0 Å². The number of carboxylic acids is 1. The topological polar surface area (TPSA) is 71.4 Å². The Labute approximate surface area is 112 Å². The third-order valence-electron chi connectivity index (χ3n) is 2.27. The number of hydrogen-bond donors (Lipinski definition) is 1. The number of thiophene rings is 1. The average molecular weight is 303 g/mol. The Hall–Kier alpha value is -1.37. The minimum absolute atomic E-state index is 0.0211. The fourth-order valence-electron chi connectivity index (χ4n) is 1.39. The maximum Gasteiger partial charge on any atom is 0.337 e. The van der Waals surface area contributed by atoms with Gasteiger partial charge in [0.05, 0.1) is 15.4 Å². The molecule has 0 fully saturated rings. The van der Waals surface area contributed by atoms with Crippen molar-refractivity contribution in [2.24, 2.45) is 0 Å². The van der Waals surface area contributed by atoms with Gasteiger partial charge in [0.2, 0.25) is 9.84 Å². The molecule has 0 bridgehead atoms. The Balaban J connectivity index is 2.58. The molecular formula is C11H7ClO4S2. The maximum absolute atomic E-state index is 12.2. The summed E-state index contributed by atoms with van der Waals surface area (Å²) in [5.74, 6) is -1.26. The van der Waals surface area contributed by atoms with Crippen LogP contribution in [0.15, 0.2) is 44.8 Å². The summed E-state index contributed by atoms with van der Waals surface area (Å²) in [4.78, 5) is 10.8. The quantitative estimate of drug-likeness (QED) is 0.946. The lowest BCUT2D eigenvalue weighted by molar-refractivity contribution is 0.0693. The fourth-order valence-corrected chi connectivity index (χ4v) is 4.13. The predicted octanol–water partition coefficient (Wildman–Crippen LogP) is 2.93. The van der Waals surface area contributed by atoms with Gasteiger partial charge in [0, 0.05) is 15.8 Å². The minimum atomic E-state index is -3.82. The van der Waals surface area contributed by atoms with E-state index < -0.39 is 15.8 Å². The summed E-state index contributed by atoms with van der Waals surface area (Å²) in [6.07, 6.45) is 0. The van der Waals surface area contributed by atoms with Gasteiger partial charge in [-0.25, -0.2) is 13.2 Å². The molecule has 7 heteroatoms. The molecular weight excluding hydrogens is 296 g/mol. The van der Waals surface area contributed by atoms with Crippen molar-refractivity contribution in [3.8, 4) is 0 Å². The van der Waals surface area contributed by atoms with Crippen molar-refractivity contribution < 1.29 is 18.3 Å². The lowest BCUT2D eigenvalue weighted by atomic mass is 10.3. The predicted molar refractivity (Wildman–Crippen MR) is 68.2 cm³/mol. The summed E-state index contributed by atoms with van der Waals surface area (Å²) in [7, 11) is -3.82. The van der Waals surface area contributed by atoms with Gasteiger partial charge in [-0.05, 0) is 24.3 Å². The smallest absolute Gasteiger partial charge is 0.337 e. The summed E-state index contributed by atoms with van der Waals surface area (Å²) >= 11 is 6.71. The van der Waals surface area contributed by atoms with E-state index in [0.29, 0.717) is 5.02 Å². The van der Waals surface area contributed by atoms with Crippen LogP contribution < -0.4 is 0 Å². The summed E-state index contributed by atoms with van der Waals surface area (Å²) in [6, 6.07) is 5.59. The zero-order valence-corrected chi connectivity index (χ0v) is 11.2. The van der Waals surface area contributed by atoms with E-state index in [1.165, 1.54) is 35.0 Å². The average Bonchev–Trinajstić information content (AvgIpc) is 2.79. The van der Waals surface area contributed by atoms with Gasteiger partial charge in [0.1, 0.15) is 0 Å². The highest BCUT2D eigenvalue weighted by Crippen LogP contribution is 2.27. The molecule has 0 aliphatic rings. The van der Waals surface area contributed by atoms with E-state index in [4.69, 9.17) is 16.7 Å². The van der Waals surface area contributed by atoms with Crippen molar-refractivity contribution in [3.05, 3.63) is 45.6 Å². The third kappa shape index (κ3) is 2.27. The summed E-state index contributed by atoms with van der Waals surface area (Å²) < 4.78 is 24.5. The van der Waals surface area contributed by atoms with Crippen LogP contribution in [-0.2, 0) is 9.84 Å². The zero-order chi connectivity index (χ0) is 13.3. The van der Waals surface area contributed by atoms with Crippen LogP contribution in [0.5, 0.6) is 0 Å². The Bertz CT molecular complexity index is 686. The van der Waals surface area contributed by atoms with Crippen LogP contribution in [0.2, 0.25) is 5.02 Å². The number of carbonyl (C=O) groups is 1. The number of aromatic carboxylic acids is 1. The molecule has 1 N–H and O–H groups in total. The van der Waals surface area contributed by atoms with Crippen LogP contribution in [0.1, 0.15) is 10.4 Å². The summed E-state index contributed by atoms with van der Waals surface area (Å²) in [6.45, 7) is 0. The van der Waals surface area contributed by atoms with Crippen LogP contribution in [0.25, 0.3) is 0 Å². The third-order valence-corrected chi connectivity index (χ3v) is 5.22. The first-order valence-corrected chi connectivity index (χ1v) is 7.53. The van der Waals surface area contributed by atoms with Gasteiger partial charge in [0.25, 0.3) is 0 Å². The summed E-state index contributed by atoms with van der Waals surface area (Å²) in [5, 5.41) is 12.0. The molecule has 1 heterocycles. The SMILES string of the molecule is O=C(O)c1cscc1S(=O)(=O)c1ccc(Cl)cc1. The monoisotopic (exact) mass is 302 g/mol. The molecule has 0 aliphatic heterocycles. The Kier molecular flexibility index (Phi) is 3.43. The molecule has 1 aromatic carbocycles. The van der Waals surface area contributed by atoms with Crippen molar-refractivity contribution in [2.45, 2.75) is 9.79 Å². The molecule has 0 unspecified atom stereocenters. The number of halogens is 1. The Morgan fingerprint density at radius 1 is 1.17 bits per heavy atom. The number of carboxylic acid groups (broad SMARTS) is 1. The minimum Gasteiger partial charge on any atom is -0.478 e. The fraction of sp³-hybridized carbons (Fsp3) is 0. The van der Waals surface area contributed by atoms with E-state index in [-0.39, 0.29) is 15.4 Å². The van der Waals surface area contributed by atoms with E-state index in [1.807, 2.05) is 0 Å². The van der Waals surface area contributed by atoms with Gasteiger partial charge < -0.3 is 5.11 Å². The molecule has 4 nitrogen and oxygen atoms in total. The Morgan fingerprint density at radius 2 is 1.78 bits per heavy atom. The van der Waals surface area contributed by atoms with Gasteiger partial charge in [-0.3, -0.25) is 0 Å². The lowest BCUT2D eigenvalue weighted by Crippen LogP contribution is -2.06. The molecule has 94 valence electrons. The first kappa shape index (κ1) is 13.1. The van der Waals surface area contributed by atoms with E-state index in [0.717, 1.165) is 11.3 Å². The second kappa shape index (κ2) is 4.72. The van der Waals surface area contributed by atoms with Crippen molar-refractivity contribution in [1.82, 2.24) is 0 Å². The standard InChI is InChI=1S/C11H7ClO4S2/c12-7-1-3-8(4-2-7)18(15,16)10-6-17-5-9(10)11(13)14/h1-6H,(H,13,14). The molecule has 1 aromatic heterocycles. The second-order valence-corrected chi connectivity index (χ2v) is 6.51. The lowest BCUT2D eigenvalue weighted by Gasteiger charge is -2.03. The molecule has 0 saturated heterocycles. The number of sulfone groups is 1. The van der Waals surface area contributed by atoms with Gasteiger partial charge in [-0.2, -0.15) is 11.3 Å². The van der Waals surface area contributed by atoms with E-state index >= 15 is 0 Å². The highest BCUT2D eigenvalue weighted by atomic mass is 35.5. The Morgan fingerprint density at radius 3 is 2.33 bits per heavy atom. The van der Waals surface area contributed by atoms with Crippen LogP contribution in [0.4, 0.5) is 0 Å². The molecule has 2 aromatic rings. The largest absolute Gasteiger partial charge is 0.478 e. The zero-order valence-electron chi connectivity index (χ0n) is 8.83. The molecule has 2 rings (SSSR count). The normalized spacial score (nSPS) is 11.4. The van der Waals surface area contributed by atoms with Crippen LogP contribution in [0, 0.1) is 0 Å². The highest BCUT2D eigenvalue weighted by molar-refractivity contribution is 7.91. The molecule has 0 radical (unpaired) electrons. The van der Waals surface area contributed by atoms with Crippen molar-refractivity contribution in [1.29, 1.82) is 0 Å². The van der Waals surface area contributed by atoms with Gasteiger partial charge in [-0.15, -0.1) is 0 Å². The van der Waals surface area contributed by atoms with Crippen molar-refractivity contribution >= 4 is 38.7 Å². The van der Waals surface area contributed by atoms with Gasteiger partial charge in [-0.1, -0.05) is 11.6 Å². The number of benzene rings is 1. The molecule has 0 amide bonds. The number of hydrogen-bond acceptors (Lipinski definition) is 4. The first-order valence-electron chi connectivity index (χ1n) is 4.73. The van der Waals surface area contributed by atoms with Crippen molar-refractivity contribution in [2.75, 3.05) is 0 Å². The van der Waals surface area contributed by atoms with E-state index in [9.17, 15) is 13.2 Å². The van der Waals surface area contributed by atoms with Gasteiger partial charge in [0.15, 0.2) is 0 Å². The molecule has 0 saturated carbocycles. The van der Waals surface area contributed by atoms with Crippen LogP contribution in [0.3, 0.4) is 0 Å². The van der Waals surface area contributed by atoms with Gasteiger partial charge >= 0.3 is 5.97 Å². The van der Waals surface area contributed by atoms with Crippen molar-refractivity contribution in [3.63, 3.8) is 0 Å². The van der Waals surface area contributed by atoms with E-state index in [1.54, 1.807) is 0 Å². The molecule has 0 aliphatic carbocycles. The molecule has 18 heavy (non-hydrogen) atoms. The molecule has 0 atom stereocenters. The van der Waals surface area contributed by atoms with Crippen LogP contribution in [-0.4, -0.2) is 19.5 Å². The highest BCUT2D eigenvalue weighted by Gasteiger charge is 2.25.